The SMILES string of the molecule is COC(=O)c1ccc([C@@H]2/C(=C(\O)c3ccc4c(c3)C[C@H](C)O4)C(=O)C(=O)N2c2nc3ccc(Cl)cc3s2)cc1. The number of fused-ring (bicyclic) bond motifs is 2. The average molecular weight is 561 g/mol. The Balaban J connectivity index is 1.52. The van der Waals surface area contributed by atoms with Gasteiger partial charge >= 0.3 is 11.9 Å². The number of amides is 1. The molecule has 2 aliphatic heterocycles. The number of carbonyl (C=O) groups excluding carboxylic acids is 3. The van der Waals surface area contributed by atoms with Gasteiger partial charge in [0.15, 0.2) is 5.13 Å². The molecule has 1 N–H and O–H groups in total. The Morgan fingerprint density at radius 3 is 2.59 bits per heavy atom. The van der Waals surface area contributed by atoms with Crippen LogP contribution in [0.4, 0.5) is 5.13 Å². The van der Waals surface area contributed by atoms with Crippen LogP contribution in [0.3, 0.4) is 0 Å². The molecular formula is C29H21ClN2O6S. The van der Waals surface area contributed by atoms with Gasteiger partial charge < -0.3 is 14.6 Å². The molecule has 1 saturated heterocycles. The minimum Gasteiger partial charge on any atom is -0.507 e. The van der Waals surface area contributed by atoms with Gasteiger partial charge in [-0.05, 0) is 66.6 Å². The van der Waals surface area contributed by atoms with Crippen LogP contribution in [0.5, 0.6) is 5.75 Å². The molecule has 0 radical (unpaired) electrons. The molecule has 4 aromatic rings. The third kappa shape index (κ3) is 4.24. The van der Waals surface area contributed by atoms with Gasteiger partial charge in [0.1, 0.15) is 17.6 Å². The molecule has 2 atom stereocenters. The minimum atomic E-state index is -0.990. The molecular weight excluding hydrogens is 540 g/mol. The average Bonchev–Trinajstić information content (AvgIpc) is 3.59. The number of Topliss-reactive ketones (excluding diaryl/α,β-unsaturated/α-hetero) is 1. The highest BCUT2D eigenvalue weighted by molar-refractivity contribution is 7.22. The first-order chi connectivity index (χ1) is 18.7. The Kier molecular flexibility index (Phi) is 6.12. The number of ketones is 1. The molecule has 196 valence electrons. The quantitative estimate of drug-likeness (QED) is 0.148. The van der Waals surface area contributed by atoms with Crippen molar-refractivity contribution in [3.05, 3.63) is 93.5 Å². The third-order valence-electron chi connectivity index (χ3n) is 6.81. The van der Waals surface area contributed by atoms with Crippen LogP contribution in [0.25, 0.3) is 16.0 Å². The topological polar surface area (TPSA) is 106 Å². The Morgan fingerprint density at radius 1 is 1.10 bits per heavy atom. The number of rotatable bonds is 4. The van der Waals surface area contributed by atoms with E-state index in [1.165, 1.54) is 23.3 Å². The van der Waals surface area contributed by atoms with Crippen molar-refractivity contribution >= 4 is 61.7 Å². The third-order valence-corrected chi connectivity index (χ3v) is 8.06. The lowest BCUT2D eigenvalue weighted by Crippen LogP contribution is -2.29. The largest absolute Gasteiger partial charge is 0.507 e. The normalized spacial score (nSPS) is 19.8. The molecule has 0 aliphatic carbocycles. The number of aromatic nitrogens is 1. The molecule has 3 heterocycles. The van der Waals surface area contributed by atoms with Crippen LogP contribution in [0.2, 0.25) is 5.02 Å². The van der Waals surface area contributed by atoms with E-state index in [0.29, 0.717) is 33.7 Å². The Bertz CT molecular complexity index is 1710. The van der Waals surface area contributed by atoms with E-state index in [1.54, 1.807) is 60.7 Å². The summed E-state index contributed by atoms with van der Waals surface area (Å²) in [5.74, 6) is -1.75. The minimum absolute atomic E-state index is 0.00356. The molecule has 0 unspecified atom stereocenters. The van der Waals surface area contributed by atoms with E-state index >= 15 is 0 Å². The van der Waals surface area contributed by atoms with E-state index < -0.39 is 23.7 Å². The first-order valence-electron chi connectivity index (χ1n) is 12.1. The summed E-state index contributed by atoms with van der Waals surface area (Å²) in [5.41, 5.74) is 2.67. The van der Waals surface area contributed by atoms with Crippen LogP contribution in [0.1, 0.15) is 40.0 Å². The Hall–Kier alpha value is -4.21. The first-order valence-corrected chi connectivity index (χ1v) is 13.3. The number of anilines is 1. The number of aliphatic hydroxyl groups is 1. The van der Waals surface area contributed by atoms with Crippen molar-refractivity contribution in [3.63, 3.8) is 0 Å². The highest BCUT2D eigenvalue weighted by atomic mass is 35.5. The van der Waals surface area contributed by atoms with Crippen molar-refractivity contribution in [1.82, 2.24) is 4.98 Å². The summed E-state index contributed by atoms with van der Waals surface area (Å²) in [6.07, 6.45) is 0.668. The summed E-state index contributed by atoms with van der Waals surface area (Å²) in [4.78, 5) is 44.9. The number of methoxy groups -OCH3 is 1. The van der Waals surface area contributed by atoms with Crippen LogP contribution < -0.4 is 9.64 Å². The molecule has 1 amide bonds. The second kappa shape index (κ2) is 9.52. The smallest absolute Gasteiger partial charge is 0.337 e. The number of benzene rings is 3. The second-order valence-electron chi connectivity index (χ2n) is 9.35. The number of thiazole rings is 1. The van der Waals surface area contributed by atoms with Gasteiger partial charge in [-0.25, -0.2) is 9.78 Å². The van der Waals surface area contributed by atoms with Gasteiger partial charge in [-0.15, -0.1) is 0 Å². The highest BCUT2D eigenvalue weighted by Crippen LogP contribution is 2.45. The van der Waals surface area contributed by atoms with Crippen LogP contribution in [-0.4, -0.2) is 41.0 Å². The Morgan fingerprint density at radius 2 is 1.85 bits per heavy atom. The number of esters is 1. The summed E-state index contributed by atoms with van der Waals surface area (Å²) < 4.78 is 11.3. The molecule has 8 nitrogen and oxygen atoms in total. The standard InChI is InChI=1S/C29H21ClN2O6S/c1-14-11-18-12-17(7-10-21(18)38-14)25(33)23-24(15-3-5-16(6-4-15)28(36)37-2)32(27(35)26(23)34)29-31-20-9-8-19(30)13-22(20)39-29/h3-10,12-14,24,33H,11H2,1-2H3/b25-23+/t14-,24+/m0/s1. The van der Waals surface area contributed by atoms with Crippen molar-refractivity contribution in [2.24, 2.45) is 0 Å². The Labute approximate surface area is 232 Å². The lowest BCUT2D eigenvalue weighted by atomic mass is 9.94. The van der Waals surface area contributed by atoms with Gasteiger partial charge in [-0.3, -0.25) is 14.5 Å². The summed E-state index contributed by atoms with van der Waals surface area (Å²) >= 11 is 7.37. The number of nitrogens with zero attached hydrogens (tertiary/aromatic N) is 2. The number of halogens is 1. The molecule has 0 bridgehead atoms. The number of hydrogen-bond acceptors (Lipinski definition) is 8. The van der Waals surface area contributed by atoms with Crippen LogP contribution >= 0.6 is 22.9 Å². The van der Waals surface area contributed by atoms with E-state index in [-0.39, 0.29) is 22.6 Å². The van der Waals surface area contributed by atoms with Crippen LogP contribution in [-0.2, 0) is 20.7 Å². The summed E-state index contributed by atoms with van der Waals surface area (Å²) in [5, 5.41) is 12.3. The van der Waals surface area contributed by atoms with Crippen molar-refractivity contribution in [3.8, 4) is 5.75 Å². The second-order valence-corrected chi connectivity index (χ2v) is 10.8. The zero-order chi connectivity index (χ0) is 27.4. The number of aliphatic hydroxyl groups excluding tert-OH is 1. The van der Waals surface area contributed by atoms with Crippen molar-refractivity contribution < 1.29 is 29.0 Å². The molecule has 1 fully saturated rings. The molecule has 1 aromatic heterocycles. The molecule has 2 aliphatic rings. The van der Waals surface area contributed by atoms with Crippen molar-refractivity contribution in [1.29, 1.82) is 0 Å². The maximum atomic E-state index is 13.5. The van der Waals surface area contributed by atoms with Gasteiger partial charge in [-0.2, -0.15) is 0 Å². The lowest BCUT2D eigenvalue weighted by Gasteiger charge is -2.23. The van der Waals surface area contributed by atoms with Gasteiger partial charge in [0.25, 0.3) is 5.78 Å². The van der Waals surface area contributed by atoms with E-state index in [4.69, 9.17) is 21.1 Å². The first kappa shape index (κ1) is 25.1. The molecule has 10 heteroatoms. The highest BCUT2D eigenvalue weighted by Gasteiger charge is 2.48. The number of carbonyl (C=O) groups is 3. The van der Waals surface area contributed by atoms with Gasteiger partial charge in [0.05, 0.1) is 34.5 Å². The number of ether oxygens (including phenoxy) is 2. The lowest BCUT2D eigenvalue weighted by molar-refractivity contribution is -0.132. The van der Waals surface area contributed by atoms with Crippen molar-refractivity contribution in [2.75, 3.05) is 12.0 Å². The molecule has 3 aromatic carbocycles. The van der Waals surface area contributed by atoms with Crippen molar-refractivity contribution in [2.45, 2.75) is 25.5 Å². The van der Waals surface area contributed by atoms with E-state index in [2.05, 4.69) is 4.98 Å². The maximum absolute atomic E-state index is 13.5. The fourth-order valence-corrected chi connectivity index (χ4v) is 6.25. The molecule has 0 saturated carbocycles. The molecule has 0 spiro atoms. The zero-order valence-corrected chi connectivity index (χ0v) is 22.4. The van der Waals surface area contributed by atoms with E-state index in [1.807, 2.05) is 6.92 Å². The summed E-state index contributed by atoms with van der Waals surface area (Å²) in [7, 11) is 1.28. The predicted octanol–water partition coefficient (Wildman–Crippen LogP) is 5.69. The fraction of sp³-hybridized carbons (Fsp3) is 0.172. The summed E-state index contributed by atoms with van der Waals surface area (Å²) in [6.45, 7) is 1.95. The van der Waals surface area contributed by atoms with E-state index in [9.17, 15) is 19.5 Å². The van der Waals surface area contributed by atoms with Crippen LogP contribution in [0.15, 0.2) is 66.2 Å². The zero-order valence-electron chi connectivity index (χ0n) is 20.8. The molecule has 6 rings (SSSR count). The van der Waals surface area contributed by atoms with Gasteiger partial charge in [0.2, 0.25) is 0 Å². The van der Waals surface area contributed by atoms with Gasteiger partial charge in [0, 0.05) is 17.0 Å². The van der Waals surface area contributed by atoms with Crippen LogP contribution in [0, 0.1) is 0 Å². The fourth-order valence-electron chi connectivity index (χ4n) is 4.98. The maximum Gasteiger partial charge on any atom is 0.337 e. The van der Waals surface area contributed by atoms with Gasteiger partial charge in [-0.1, -0.05) is 35.1 Å². The summed E-state index contributed by atoms with van der Waals surface area (Å²) in [6, 6.07) is 15.7. The van der Waals surface area contributed by atoms with E-state index in [0.717, 1.165) is 16.0 Å². The predicted molar refractivity (Wildman–Crippen MR) is 147 cm³/mol. The monoisotopic (exact) mass is 560 g/mol. The number of hydrogen-bond donors (Lipinski definition) is 1. The molecule has 39 heavy (non-hydrogen) atoms.